The van der Waals surface area contributed by atoms with Gasteiger partial charge >= 0.3 is 5.97 Å². The van der Waals surface area contributed by atoms with Crippen molar-refractivity contribution >= 4 is 72.0 Å². The van der Waals surface area contributed by atoms with Crippen molar-refractivity contribution in [2.45, 2.75) is 117 Å². The molecule has 0 fully saturated rings. The summed E-state index contributed by atoms with van der Waals surface area (Å²) in [7, 11) is 0.252. The summed E-state index contributed by atoms with van der Waals surface area (Å²) in [5.41, 5.74) is 3.58. The second kappa shape index (κ2) is 18.7. The summed E-state index contributed by atoms with van der Waals surface area (Å²) < 4.78 is 27.6. The molecule has 4 rings (SSSR count). The zero-order valence-corrected chi connectivity index (χ0v) is 37.6. The topological polar surface area (TPSA) is 113 Å². The number of nitrogens with zero attached hydrogens (tertiary/aromatic N) is 6. The molecule has 0 aliphatic rings. The number of methoxy groups -OCH3 is 1. The zero-order chi connectivity index (χ0) is 39.1. The van der Waals surface area contributed by atoms with Crippen LogP contribution in [0.1, 0.15) is 69.4 Å². The fraction of sp³-hybridized carbons (Fsp3) is 0.605. The molecule has 292 valence electrons. The normalized spacial score (nSPS) is 13.5. The van der Waals surface area contributed by atoms with Crippen molar-refractivity contribution in [1.29, 1.82) is 0 Å². The Balaban J connectivity index is 1.61. The number of ether oxygens (including phenoxy) is 3. The average Bonchev–Trinajstić information content (AvgIpc) is 3.67. The second-order valence-corrected chi connectivity index (χ2v) is 28.8. The van der Waals surface area contributed by atoms with Crippen LogP contribution in [0.4, 0.5) is 16.8 Å². The zero-order valence-electron chi connectivity index (χ0n) is 34.0. The van der Waals surface area contributed by atoms with E-state index in [0.29, 0.717) is 58.8 Å². The lowest BCUT2D eigenvalue weighted by atomic mass is 10.2. The first-order valence-corrected chi connectivity index (χ1v) is 26.1. The summed E-state index contributed by atoms with van der Waals surface area (Å²) in [6.07, 6.45) is 0.212. The van der Waals surface area contributed by atoms with Gasteiger partial charge in [-0.2, -0.15) is 4.99 Å². The molecule has 1 atom stereocenters. The Morgan fingerprint density at radius 1 is 1.02 bits per heavy atom. The molecule has 0 saturated carbocycles. The summed E-state index contributed by atoms with van der Waals surface area (Å²) in [4.78, 5) is 26.3. The van der Waals surface area contributed by atoms with E-state index in [1.807, 2.05) is 37.1 Å². The molecular weight excluding hydrogens is 741 g/mol. The SMILES string of the molecule is CCOC(=O)c1nc(N(C)c2cc(C)c(/N=c3\sc4ccccc4n3COCC[Si](C)(C)C)nn2)sc1CC(CO[Si](C(C)C)(C(C)C)C(C)C)OC. The lowest BCUT2D eigenvalue weighted by Crippen LogP contribution is -2.49. The maximum atomic E-state index is 13.2. The Morgan fingerprint density at radius 2 is 1.70 bits per heavy atom. The molecule has 0 aliphatic carbocycles. The van der Waals surface area contributed by atoms with Crippen molar-refractivity contribution in [2.75, 3.05) is 38.9 Å². The lowest BCUT2D eigenvalue weighted by molar-refractivity contribution is 0.0487. The van der Waals surface area contributed by atoms with Gasteiger partial charge in [0.25, 0.3) is 0 Å². The van der Waals surface area contributed by atoms with Gasteiger partial charge in [0.1, 0.15) is 6.73 Å². The molecule has 11 nitrogen and oxygen atoms in total. The molecule has 0 N–H and O–H groups in total. The fourth-order valence-electron chi connectivity index (χ4n) is 6.83. The standard InChI is InChI=1S/C38H60N6O5S2Si2/c1-14-48-36(45)34-32(22-29(46-10)23-49-53(25(2)3,26(4)5)27(6)7)51-37(39-34)43(9)33-21-28(8)35(42-41-33)40-38-44(24-47-19-20-52(11,12)13)30-17-15-16-18-31(30)50-38/h15-18,21,25-27,29H,14,19-20,22-24H2,1-13H3/b40-38-. The first-order valence-electron chi connectivity index (χ1n) is 18.6. The molecule has 3 heterocycles. The predicted octanol–water partition coefficient (Wildman–Crippen LogP) is 9.50. The van der Waals surface area contributed by atoms with Gasteiger partial charge in [-0.15, -0.1) is 21.5 Å². The van der Waals surface area contributed by atoms with Crippen LogP contribution < -0.4 is 9.70 Å². The molecule has 1 unspecified atom stereocenters. The number of hydrogen-bond acceptors (Lipinski definition) is 12. The molecule has 0 radical (unpaired) electrons. The molecule has 15 heteroatoms. The summed E-state index contributed by atoms with van der Waals surface area (Å²) >= 11 is 3.03. The van der Waals surface area contributed by atoms with Crippen molar-refractivity contribution in [1.82, 2.24) is 19.7 Å². The van der Waals surface area contributed by atoms with Crippen LogP contribution in [0.25, 0.3) is 10.2 Å². The van der Waals surface area contributed by atoms with E-state index in [4.69, 9.17) is 28.6 Å². The third kappa shape index (κ3) is 10.5. The highest BCUT2D eigenvalue weighted by Crippen LogP contribution is 2.42. The highest BCUT2D eigenvalue weighted by molar-refractivity contribution is 7.16. The maximum absolute atomic E-state index is 13.2. The minimum absolute atomic E-state index is 0.253. The number of para-hydroxylation sites is 1. The monoisotopic (exact) mass is 800 g/mol. The minimum atomic E-state index is -2.11. The van der Waals surface area contributed by atoms with Gasteiger partial charge in [-0.25, -0.2) is 9.78 Å². The van der Waals surface area contributed by atoms with Crippen LogP contribution in [-0.4, -0.2) is 82.2 Å². The second-order valence-electron chi connectivity index (χ2n) is 15.7. The number of esters is 1. The number of rotatable bonds is 19. The van der Waals surface area contributed by atoms with E-state index in [9.17, 15) is 4.79 Å². The first-order chi connectivity index (χ1) is 25.0. The smallest absolute Gasteiger partial charge is 0.358 e. The summed E-state index contributed by atoms with van der Waals surface area (Å²) in [5, 5.41) is 9.72. The molecule has 0 bridgehead atoms. The molecule has 0 spiro atoms. The summed E-state index contributed by atoms with van der Waals surface area (Å²) in [6, 6.07) is 11.3. The number of aryl methyl sites for hydroxylation is 1. The minimum Gasteiger partial charge on any atom is -0.461 e. The molecule has 53 heavy (non-hydrogen) atoms. The van der Waals surface area contributed by atoms with Gasteiger partial charge in [-0.3, -0.25) is 4.57 Å². The summed E-state index contributed by atoms with van der Waals surface area (Å²) in [6.45, 7) is 26.3. The molecule has 0 amide bonds. The van der Waals surface area contributed by atoms with Gasteiger partial charge in [0, 0.05) is 40.1 Å². The quantitative estimate of drug-likeness (QED) is 0.0520. The van der Waals surface area contributed by atoms with E-state index < -0.39 is 22.4 Å². The Bertz CT molecular complexity index is 1860. The van der Waals surface area contributed by atoms with Gasteiger partial charge in [0.15, 0.2) is 35.6 Å². The highest BCUT2D eigenvalue weighted by Gasteiger charge is 2.45. The van der Waals surface area contributed by atoms with E-state index in [0.717, 1.165) is 38.1 Å². The van der Waals surface area contributed by atoms with Crippen LogP contribution in [0.2, 0.25) is 42.3 Å². The van der Waals surface area contributed by atoms with Gasteiger partial charge in [0.2, 0.25) is 0 Å². The van der Waals surface area contributed by atoms with Crippen molar-refractivity contribution < 1.29 is 23.4 Å². The summed E-state index contributed by atoms with van der Waals surface area (Å²) in [5.74, 6) is 0.662. The van der Waals surface area contributed by atoms with Crippen molar-refractivity contribution in [2.24, 2.45) is 4.99 Å². The van der Waals surface area contributed by atoms with Gasteiger partial charge in [0.05, 0.1) is 29.5 Å². The number of aromatic nitrogens is 4. The molecule has 0 aliphatic heterocycles. The number of fused-ring (bicyclic) bond motifs is 1. The van der Waals surface area contributed by atoms with Crippen LogP contribution in [0.5, 0.6) is 0 Å². The fourth-order valence-corrected chi connectivity index (χ4v) is 15.2. The van der Waals surface area contributed by atoms with Crippen LogP contribution in [-0.2, 0) is 31.8 Å². The maximum Gasteiger partial charge on any atom is 0.358 e. The van der Waals surface area contributed by atoms with Crippen molar-refractivity contribution in [3.63, 3.8) is 0 Å². The van der Waals surface area contributed by atoms with E-state index >= 15 is 0 Å². The highest BCUT2D eigenvalue weighted by atomic mass is 32.1. The van der Waals surface area contributed by atoms with Crippen molar-refractivity contribution in [3.05, 3.63) is 51.3 Å². The Kier molecular flexibility index (Phi) is 15.1. The van der Waals surface area contributed by atoms with Crippen LogP contribution in [0.15, 0.2) is 35.3 Å². The van der Waals surface area contributed by atoms with Crippen molar-refractivity contribution in [3.8, 4) is 0 Å². The largest absolute Gasteiger partial charge is 0.461 e. The van der Waals surface area contributed by atoms with E-state index in [1.165, 1.54) is 11.3 Å². The van der Waals surface area contributed by atoms with E-state index in [-0.39, 0.29) is 12.7 Å². The number of hydrogen-bond donors (Lipinski definition) is 0. The third-order valence-corrected chi connectivity index (χ3v) is 19.7. The number of benzene rings is 1. The van der Waals surface area contributed by atoms with Gasteiger partial charge < -0.3 is 23.5 Å². The molecule has 4 aromatic rings. The molecule has 0 saturated heterocycles. The van der Waals surface area contributed by atoms with Crippen LogP contribution in [0.3, 0.4) is 0 Å². The van der Waals surface area contributed by atoms with E-state index in [1.54, 1.807) is 25.4 Å². The average molecular weight is 801 g/mol. The Hall–Kier alpha value is -2.80. The molecule has 1 aromatic carbocycles. The number of anilines is 2. The number of carbonyl (C=O) groups excluding carboxylic acids is 1. The van der Waals surface area contributed by atoms with Crippen LogP contribution >= 0.6 is 22.7 Å². The first kappa shape index (κ1) is 42.9. The Labute approximate surface area is 325 Å². The predicted molar refractivity (Wildman–Crippen MR) is 224 cm³/mol. The van der Waals surface area contributed by atoms with Crippen LogP contribution in [0, 0.1) is 6.92 Å². The molecule has 3 aromatic heterocycles. The van der Waals surface area contributed by atoms with E-state index in [2.05, 4.69) is 88.1 Å². The van der Waals surface area contributed by atoms with Gasteiger partial charge in [-0.1, -0.05) is 84.7 Å². The lowest BCUT2D eigenvalue weighted by Gasteiger charge is -2.42. The number of carbonyl (C=O) groups is 1. The number of thiazole rings is 2. The van der Waals surface area contributed by atoms with Gasteiger partial charge in [-0.05, 0) is 60.3 Å². The third-order valence-electron chi connectivity index (χ3n) is 9.71. The molecular formula is C38H60N6O5S2Si2. The Morgan fingerprint density at radius 3 is 2.30 bits per heavy atom.